The number of hydrogen-bond acceptors (Lipinski definition) is 4. The van der Waals surface area contributed by atoms with Crippen LogP contribution in [0.5, 0.6) is 0 Å². The lowest BCUT2D eigenvalue weighted by Crippen LogP contribution is -2.48. The Bertz CT molecular complexity index is 847. The maximum atomic E-state index is 12.3. The Kier molecular flexibility index (Phi) is 5.27. The maximum Gasteiger partial charge on any atom is 0.224 e. The van der Waals surface area contributed by atoms with E-state index in [0.29, 0.717) is 0 Å². The van der Waals surface area contributed by atoms with E-state index in [9.17, 15) is 4.79 Å². The van der Waals surface area contributed by atoms with Gasteiger partial charge in [0.1, 0.15) is 0 Å². The largest absolute Gasteiger partial charge is 0.378 e. The van der Waals surface area contributed by atoms with Gasteiger partial charge in [0, 0.05) is 49.0 Å². The number of hydrogen-bond donors (Lipinski definition) is 1. The highest BCUT2D eigenvalue weighted by atomic mass is 16.5. The number of carbonyl (C=O) groups is 1. The molecule has 0 spiro atoms. The number of amides is 1. The fraction of sp³-hybridized carbons (Fsp3) is 0.435. The molecule has 148 valence electrons. The van der Waals surface area contributed by atoms with E-state index < -0.39 is 0 Å². The van der Waals surface area contributed by atoms with E-state index in [2.05, 4.69) is 66.5 Å². The molecule has 0 aromatic heterocycles. The molecule has 28 heavy (non-hydrogen) atoms. The number of rotatable bonds is 3. The summed E-state index contributed by atoms with van der Waals surface area (Å²) in [7, 11) is 0. The van der Waals surface area contributed by atoms with Crippen molar-refractivity contribution in [2.75, 3.05) is 41.4 Å². The fourth-order valence-electron chi connectivity index (χ4n) is 4.45. The molecule has 2 aliphatic heterocycles. The van der Waals surface area contributed by atoms with Crippen molar-refractivity contribution in [1.29, 1.82) is 0 Å². The van der Waals surface area contributed by atoms with Gasteiger partial charge in [-0.05, 0) is 36.8 Å². The highest BCUT2D eigenvalue weighted by Gasteiger charge is 2.37. The lowest BCUT2D eigenvalue weighted by molar-refractivity contribution is -0.117. The molecular weight excluding hydrogens is 350 g/mol. The van der Waals surface area contributed by atoms with E-state index in [1.807, 2.05) is 11.0 Å². The molecule has 1 amide bonds. The van der Waals surface area contributed by atoms with Crippen LogP contribution in [0.25, 0.3) is 0 Å². The van der Waals surface area contributed by atoms with Crippen LogP contribution in [0, 0.1) is 5.92 Å². The number of para-hydroxylation sites is 1. The van der Waals surface area contributed by atoms with Crippen LogP contribution in [0.3, 0.4) is 0 Å². The Morgan fingerprint density at radius 2 is 1.82 bits per heavy atom. The van der Waals surface area contributed by atoms with Gasteiger partial charge in [0.25, 0.3) is 0 Å². The molecule has 1 N–H and O–H groups in total. The average molecular weight is 380 g/mol. The molecule has 2 aromatic rings. The molecule has 1 unspecified atom stereocenters. The predicted molar refractivity (Wildman–Crippen MR) is 114 cm³/mol. The van der Waals surface area contributed by atoms with Gasteiger partial charge in [-0.25, -0.2) is 0 Å². The van der Waals surface area contributed by atoms with E-state index in [-0.39, 0.29) is 23.9 Å². The standard InChI is InChI=1S/C23H29N3O2/c1-16-17(2)26(18(3)27)22-10-5-4-9-21(22)23(16)24-19-7-6-8-20(15-19)25-11-13-28-14-12-25/h4-10,15-17,23-24H,11-14H2,1-3H3/t16-,17-,23?/m0/s1. The summed E-state index contributed by atoms with van der Waals surface area (Å²) in [6.45, 7) is 9.43. The number of fused-ring (bicyclic) bond motifs is 1. The average Bonchev–Trinajstić information content (AvgIpc) is 2.72. The minimum atomic E-state index is 0.0968. The number of carbonyl (C=O) groups excluding carboxylic acids is 1. The Morgan fingerprint density at radius 3 is 2.57 bits per heavy atom. The van der Waals surface area contributed by atoms with E-state index >= 15 is 0 Å². The van der Waals surface area contributed by atoms with E-state index in [1.165, 1.54) is 11.3 Å². The van der Waals surface area contributed by atoms with Crippen molar-refractivity contribution in [3.05, 3.63) is 54.1 Å². The summed E-state index contributed by atoms with van der Waals surface area (Å²) < 4.78 is 5.48. The van der Waals surface area contributed by atoms with Gasteiger partial charge >= 0.3 is 0 Å². The zero-order valence-electron chi connectivity index (χ0n) is 16.9. The third-order valence-electron chi connectivity index (χ3n) is 6.11. The van der Waals surface area contributed by atoms with E-state index in [0.717, 1.165) is 37.7 Å². The molecular formula is C23H29N3O2. The van der Waals surface area contributed by atoms with Crippen LogP contribution in [0.15, 0.2) is 48.5 Å². The SMILES string of the molecule is CC(=O)N1c2ccccc2C(Nc2cccc(N3CCOCC3)c2)[C@@H](C)[C@@H]1C. The first-order valence-corrected chi connectivity index (χ1v) is 10.1. The monoisotopic (exact) mass is 379 g/mol. The normalized spacial score (nSPS) is 24.6. The second-order valence-corrected chi connectivity index (χ2v) is 7.82. The molecule has 2 aromatic carbocycles. The third-order valence-corrected chi connectivity index (χ3v) is 6.11. The topological polar surface area (TPSA) is 44.8 Å². The summed E-state index contributed by atoms with van der Waals surface area (Å²) in [5, 5.41) is 3.76. The quantitative estimate of drug-likeness (QED) is 0.873. The third kappa shape index (κ3) is 3.47. The number of nitrogens with one attached hydrogen (secondary N) is 1. The molecule has 3 atom stereocenters. The molecule has 2 heterocycles. The lowest BCUT2D eigenvalue weighted by Gasteiger charge is -2.44. The van der Waals surface area contributed by atoms with Gasteiger partial charge in [0.2, 0.25) is 5.91 Å². The number of benzene rings is 2. The van der Waals surface area contributed by atoms with Crippen molar-refractivity contribution < 1.29 is 9.53 Å². The highest BCUT2D eigenvalue weighted by molar-refractivity contribution is 5.94. The van der Waals surface area contributed by atoms with Gasteiger partial charge in [-0.3, -0.25) is 4.79 Å². The first-order chi connectivity index (χ1) is 13.6. The lowest BCUT2D eigenvalue weighted by atomic mass is 9.82. The van der Waals surface area contributed by atoms with Gasteiger partial charge in [0.15, 0.2) is 0 Å². The van der Waals surface area contributed by atoms with E-state index in [4.69, 9.17) is 4.74 Å². The highest BCUT2D eigenvalue weighted by Crippen LogP contribution is 2.42. The first-order valence-electron chi connectivity index (χ1n) is 10.1. The predicted octanol–water partition coefficient (Wildman–Crippen LogP) is 4.07. The van der Waals surface area contributed by atoms with Crippen molar-refractivity contribution in [3.63, 3.8) is 0 Å². The Morgan fingerprint density at radius 1 is 1.07 bits per heavy atom. The zero-order chi connectivity index (χ0) is 19.7. The number of ether oxygens (including phenoxy) is 1. The Labute approximate surface area is 167 Å². The van der Waals surface area contributed by atoms with Crippen LogP contribution in [0.1, 0.15) is 32.4 Å². The molecule has 0 bridgehead atoms. The molecule has 5 nitrogen and oxygen atoms in total. The van der Waals surface area contributed by atoms with Crippen LogP contribution in [-0.2, 0) is 9.53 Å². The Hall–Kier alpha value is -2.53. The van der Waals surface area contributed by atoms with Crippen LogP contribution >= 0.6 is 0 Å². The number of anilines is 3. The molecule has 0 aliphatic carbocycles. The van der Waals surface area contributed by atoms with Crippen LogP contribution < -0.4 is 15.1 Å². The maximum absolute atomic E-state index is 12.3. The zero-order valence-corrected chi connectivity index (χ0v) is 16.9. The summed E-state index contributed by atoms with van der Waals surface area (Å²) in [6, 6.07) is 17.2. The summed E-state index contributed by atoms with van der Waals surface area (Å²) in [5.74, 6) is 0.380. The summed E-state index contributed by atoms with van der Waals surface area (Å²) in [6.07, 6.45) is 0. The van der Waals surface area contributed by atoms with Crippen molar-refractivity contribution in [2.45, 2.75) is 32.9 Å². The van der Waals surface area contributed by atoms with Crippen molar-refractivity contribution >= 4 is 23.0 Å². The molecule has 0 radical (unpaired) electrons. The summed E-state index contributed by atoms with van der Waals surface area (Å²) in [4.78, 5) is 16.6. The molecule has 4 rings (SSSR count). The van der Waals surface area contributed by atoms with Crippen LogP contribution in [0.2, 0.25) is 0 Å². The van der Waals surface area contributed by atoms with Crippen LogP contribution in [-0.4, -0.2) is 38.3 Å². The van der Waals surface area contributed by atoms with Gasteiger partial charge in [-0.2, -0.15) is 0 Å². The Balaban J connectivity index is 1.64. The molecule has 0 saturated carbocycles. The second kappa shape index (κ2) is 7.84. The summed E-state index contributed by atoms with van der Waals surface area (Å²) in [5.41, 5.74) is 4.53. The van der Waals surface area contributed by atoms with Crippen molar-refractivity contribution in [2.24, 2.45) is 5.92 Å². The van der Waals surface area contributed by atoms with Gasteiger partial charge in [-0.15, -0.1) is 0 Å². The molecule has 2 aliphatic rings. The number of morpholine rings is 1. The minimum Gasteiger partial charge on any atom is -0.378 e. The second-order valence-electron chi connectivity index (χ2n) is 7.82. The van der Waals surface area contributed by atoms with E-state index in [1.54, 1.807) is 6.92 Å². The van der Waals surface area contributed by atoms with Crippen molar-refractivity contribution in [1.82, 2.24) is 0 Å². The van der Waals surface area contributed by atoms with Gasteiger partial charge < -0.3 is 19.9 Å². The summed E-state index contributed by atoms with van der Waals surface area (Å²) >= 11 is 0. The number of nitrogens with zero attached hydrogens (tertiary/aromatic N) is 2. The van der Waals surface area contributed by atoms with Gasteiger partial charge in [0.05, 0.1) is 19.3 Å². The van der Waals surface area contributed by atoms with Crippen molar-refractivity contribution in [3.8, 4) is 0 Å². The van der Waals surface area contributed by atoms with Crippen LogP contribution in [0.4, 0.5) is 17.1 Å². The molecule has 1 saturated heterocycles. The smallest absolute Gasteiger partial charge is 0.224 e. The van der Waals surface area contributed by atoms with Gasteiger partial charge in [-0.1, -0.05) is 31.2 Å². The molecule has 5 heteroatoms. The molecule has 1 fully saturated rings. The minimum absolute atomic E-state index is 0.0968. The first kappa shape index (κ1) is 18.8. The fourth-order valence-corrected chi connectivity index (χ4v) is 4.45.